The first kappa shape index (κ1) is 19.3. The van der Waals surface area contributed by atoms with Crippen molar-refractivity contribution in [2.75, 3.05) is 11.9 Å². The molecule has 0 saturated carbocycles. The summed E-state index contributed by atoms with van der Waals surface area (Å²) in [5.41, 5.74) is 1.54. The van der Waals surface area contributed by atoms with Crippen LogP contribution in [0.3, 0.4) is 0 Å². The number of halogens is 2. The molecule has 1 amide bonds. The Hall–Kier alpha value is -1.98. The zero-order valence-corrected chi connectivity index (χ0v) is 15.0. The average Bonchev–Trinajstić information content (AvgIpc) is 2.95. The normalized spacial score (nSPS) is 11.7. The molecule has 0 aliphatic heterocycles. The molecule has 0 aliphatic rings. The summed E-state index contributed by atoms with van der Waals surface area (Å²) >= 11 is 0.566. The molecule has 136 valence electrons. The molecule has 0 spiro atoms. The number of carbonyl (C=O) groups is 1. The summed E-state index contributed by atoms with van der Waals surface area (Å²) in [5.74, 6) is -0.555. The lowest BCUT2D eigenvalue weighted by atomic mass is 10.2. The third-order valence-corrected chi connectivity index (χ3v) is 5.61. The zero-order valence-electron chi connectivity index (χ0n) is 13.4. The highest BCUT2D eigenvalue weighted by Gasteiger charge is 2.18. The van der Waals surface area contributed by atoms with Gasteiger partial charge in [0.2, 0.25) is 21.1 Å². The van der Waals surface area contributed by atoms with Crippen molar-refractivity contribution in [3.63, 3.8) is 0 Å². The van der Waals surface area contributed by atoms with Crippen LogP contribution in [-0.2, 0) is 14.8 Å². The zero-order chi connectivity index (χ0) is 18.6. The van der Waals surface area contributed by atoms with Crippen molar-refractivity contribution in [2.24, 2.45) is 0 Å². The van der Waals surface area contributed by atoms with E-state index in [4.69, 9.17) is 0 Å². The number of alkyl halides is 2. The summed E-state index contributed by atoms with van der Waals surface area (Å²) in [6.45, 7) is 3.40. The van der Waals surface area contributed by atoms with E-state index in [-0.39, 0.29) is 23.0 Å². The van der Waals surface area contributed by atoms with Gasteiger partial charge in [0.1, 0.15) is 0 Å². The highest BCUT2D eigenvalue weighted by atomic mass is 32.2. The molecule has 2 aromatic rings. The molecule has 0 unspecified atom stereocenters. The van der Waals surface area contributed by atoms with Crippen molar-refractivity contribution in [1.29, 1.82) is 0 Å². The Bertz CT molecular complexity index is 869. The highest BCUT2D eigenvalue weighted by molar-refractivity contribution is 7.89. The summed E-state index contributed by atoms with van der Waals surface area (Å²) in [5, 5.41) is 8.40. The number of nitrogens with one attached hydrogen (secondary N) is 2. The molecule has 0 atom stereocenters. The van der Waals surface area contributed by atoms with Crippen LogP contribution in [0.25, 0.3) is 0 Å². The van der Waals surface area contributed by atoms with Gasteiger partial charge in [-0.05, 0) is 25.5 Å². The predicted octanol–water partition coefficient (Wildman–Crippen LogP) is 2.40. The van der Waals surface area contributed by atoms with Gasteiger partial charge in [-0.3, -0.25) is 4.79 Å². The minimum Gasteiger partial charge on any atom is -0.300 e. The minimum atomic E-state index is -3.74. The maximum absolute atomic E-state index is 12.4. The van der Waals surface area contributed by atoms with Gasteiger partial charge in [0.25, 0.3) is 6.43 Å². The van der Waals surface area contributed by atoms with Crippen LogP contribution in [0.5, 0.6) is 0 Å². The number of carbonyl (C=O) groups excluding carboxylic acids is 1. The van der Waals surface area contributed by atoms with Crippen LogP contribution >= 0.6 is 11.3 Å². The van der Waals surface area contributed by atoms with E-state index < -0.39 is 27.4 Å². The van der Waals surface area contributed by atoms with Crippen molar-refractivity contribution in [1.82, 2.24) is 14.9 Å². The number of hydrogen-bond donors (Lipinski definition) is 2. The fourth-order valence-corrected chi connectivity index (χ4v) is 3.90. The Balaban J connectivity index is 1.89. The van der Waals surface area contributed by atoms with Gasteiger partial charge in [0.05, 0.1) is 4.90 Å². The number of aryl methyl sites for hydroxylation is 2. The number of amides is 1. The summed E-state index contributed by atoms with van der Waals surface area (Å²) in [6, 6.07) is 4.93. The third-order valence-electron chi connectivity index (χ3n) is 3.14. The molecule has 0 saturated heterocycles. The van der Waals surface area contributed by atoms with Crippen LogP contribution in [-0.4, -0.2) is 31.1 Å². The maximum Gasteiger partial charge on any atom is 0.291 e. The number of nitrogens with zero attached hydrogens (tertiary/aromatic N) is 2. The van der Waals surface area contributed by atoms with Crippen LogP contribution in [0, 0.1) is 13.8 Å². The summed E-state index contributed by atoms with van der Waals surface area (Å²) in [7, 11) is -3.74. The molecule has 1 heterocycles. The Morgan fingerprint density at radius 3 is 2.60 bits per heavy atom. The SMILES string of the molecule is Cc1ccc(S(=O)(=O)NCCC(=O)Nc2nnc(C(F)F)s2)c(C)c1. The number of hydrogen-bond acceptors (Lipinski definition) is 6. The first-order chi connectivity index (χ1) is 11.7. The Morgan fingerprint density at radius 1 is 1.28 bits per heavy atom. The second-order valence-electron chi connectivity index (χ2n) is 5.21. The van der Waals surface area contributed by atoms with Crippen LogP contribution in [0.1, 0.15) is 29.0 Å². The van der Waals surface area contributed by atoms with Gasteiger partial charge in [-0.25, -0.2) is 21.9 Å². The van der Waals surface area contributed by atoms with Gasteiger partial charge in [-0.15, -0.1) is 10.2 Å². The molecule has 1 aromatic heterocycles. The monoisotopic (exact) mass is 390 g/mol. The summed E-state index contributed by atoms with van der Waals surface area (Å²) in [4.78, 5) is 11.9. The lowest BCUT2D eigenvalue weighted by Crippen LogP contribution is -2.28. The summed E-state index contributed by atoms with van der Waals surface area (Å²) in [6.07, 6.45) is -2.93. The molecule has 0 fully saturated rings. The fourth-order valence-electron chi connectivity index (χ4n) is 2.03. The van der Waals surface area contributed by atoms with E-state index in [2.05, 4.69) is 20.2 Å². The van der Waals surface area contributed by atoms with E-state index >= 15 is 0 Å². The molecule has 7 nitrogen and oxygen atoms in total. The highest BCUT2D eigenvalue weighted by Crippen LogP contribution is 2.25. The minimum absolute atomic E-state index is 0.0578. The van der Waals surface area contributed by atoms with Crippen molar-refractivity contribution in [3.8, 4) is 0 Å². The molecule has 2 N–H and O–H groups in total. The van der Waals surface area contributed by atoms with Gasteiger partial charge in [-0.1, -0.05) is 29.0 Å². The standard InChI is InChI=1S/C14H16F2N4O3S2/c1-8-3-4-10(9(2)7-8)25(22,23)17-6-5-11(21)18-14-20-19-13(24-14)12(15)16/h3-4,7,12,17H,5-6H2,1-2H3,(H,18,20,21). The lowest BCUT2D eigenvalue weighted by Gasteiger charge is -2.09. The molecule has 2 rings (SSSR count). The third kappa shape index (κ3) is 5.25. The second kappa shape index (κ2) is 7.93. The van der Waals surface area contributed by atoms with Crippen LogP contribution in [0.4, 0.5) is 13.9 Å². The fraction of sp³-hybridized carbons (Fsp3) is 0.357. The van der Waals surface area contributed by atoms with E-state index in [1.54, 1.807) is 19.1 Å². The van der Waals surface area contributed by atoms with Crippen molar-refractivity contribution < 1.29 is 22.0 Å². The van der Waals surface area contributed by atoms with Crippen LogP contribution in [0.2, 0.25) is 0 Å². The predicted molar refractivity (Wildman–Crippen MR) is 89.2 cm³/mol. The van der Waals surface area contributed by atoms with Crippen molar-refractivity contribution in [2.45, 2.75) is 31.6 Å². The molecular formula is C14H16F2N4O3S2. The van der Waals surface area contributed by atoms with Gasteiger partial charge < -0.3 is 5.32 Å². The number of benzene rings is 1. The van der Waals surface area contributed by atoms with E-state index in [1.807, 2.05) is 6.92 Å². The van der Waals surface area contributed by atoms with E-state index in [9.17, 15) is 22.0 Å². The van der Waals surface area contributed by atoms with Gasteiger partial charge in [-0.2, -0.15) is 0 Å². The average molecular weight is 390 g/mol. The van der Waals surface area contributed by atoms with E-state index in [1.165, 1.54) is 6.07 Å². The topological polar surface area (TPSA) is 101 Å². The molecular weight excluding hydrogens is 374 g/mol. The quantitative estimate of drug-likeness (QED) is 0.756. The Labute approximate surface area is 147 Å². The molecule has 0 bridgehead atoms. The van der Waals surface area contributed by atoms with Crippen LogP contribution in [0.15, 0.2) is 23.1 Å². The van der Waals surface area contributed by atoms with E-state index in [0.29, 0.717) is 16.9 Å². The van der Waals surface area contributed by atoms with Gasteiger partial charge in [0.15, 0.2) is 5.01 Å². The molecule has 1 aromatic carbocycles. The number of aromatic nitrogens is 2. The molecule has 0 aliphatic carbocycles. The Morgan fingerprint density at radius 2 is 2.00 bits per heavy atom. The molecule has 0 radical (unpaired) electrons. The number of sulfonamides is 1. The van der Waals surface area contributed by atoms with Gasteiger partial charge >= 0.3 is 0 Å². The summed E-state index contributed by atoms with van der Waals surface area (Å²) < 4.78 is 51.6. The maximum atomic E-state index is 12.4. The first-order valence-electron chi connectivity index (χ1n) is 7.17. The first-order valence-corrected chi connectivity index (χ1v) is 9.47. The molecule has 25 heavy (non-hydrogen) atoms. The van der Waals surface area contributed by atoms with Crippen molar-refractivity contribution in [3.05, 3.63) is 34.3 Å². The smallest absolute Gasteiger partial charge is 0.291 e. The number of rotatable bonds is 7. The molecule has 11 heteroatoms. The van der Waals surface area contributed by atoms with Gasteiger partial charge in [0, 0.05) is 13.0 Å². The lowest BCUT2D eigenvalue weighted by molar-refractivity contribution is -0.116. The second-order valence-corrected chi connectivity index (χ2v) is 7.96. The number of anilines is 1. The van der Waals surface area contributed by atoms with Crippen molar-refractivity contribution >= 4 is 32.4 Å². The Kier molecular flexibility index (Phi) is 6.14. The largest absolute Gasteiger partial charge is 0.300 e. The van der Waals surface area contributed by atoms with E-state index in [0.717, 1.165) is 5.56 Å². The van der Waals surface area contributed by atoms with Crippen LogP contribution < -0.4 is 10.0 Å².